The number of allylic oxidation sites excluding steroid dienone is 2. The highest BCUT2D eigenvalue weighted by molar-refractivity contribution is 8.21. The summed E-state index contributed by atoms with van der Waals surface area (Å²) in [5.74, 6) is -1.33. The van der Waals surface area contributed by atoms with Crippen molar-refractivity contribution in [3.8, 4) is 0 Å². The summed E-state index contributed by atoms with van der Waals surface area (Å²) in [5, 5.41) is 22.6. The zero-order valence-electron chi connectivity index (χ0n) is 17.1. The van der Waals surface area contributed by atoms with Gasteiger partial charge in [0.1, 0.15) is 5.82 Å². The van der Waals surface area contributed by atoms with Gasteiger partial charge in [-0.25, -0.2) is 9.78 Å². The van der Waals surface area contributed by atoms with Crippen molar-refractivity contribution in [3.05, 3.63) is 75.6 Å². The van der Waals surface area contributed by atoms with Crippen molar-refractivity contribution >= 4 is 27.8 Å². The number of benzene rings is 1. The van der Waals surface area contributed by atoms with Gasteiger partial charge in [-0.3, -0.25) is 4.79 Å². The van der Waals surface area contributed by atoms with Gasteiger partial charge in [-0.05, 0) is 46.7 Å². The fourth-order valence-electron chi connectivity index (χ4n) is 3.26. The second-order valence-corrected chi connectivity index (χ2v) is 8.96. The first kappa shape index (κ1) is 21.8. The molecule has 0 radical (unpaired) electrons. The van der Waals surface area contributed by atoms with Crippen molar-refractivity contribution in [3.63, 3.8) is 0 Å². The van der Waals surface area contributed by atoms with Crippen LogP contribution in [-0.4, -0.2) is 37.1 Å². The maximum atomic E-state index is 11.5. The Hall–Kier alpha value is -2.93. The molecule has 0 bridgehead atoms. The molecule has 0 spiro atoms. The van der Waals surface area contributed by atoms with Gasteiger partial charge in [0.2, 0.25) is 0 Å². The molecule has 2 aromatic rings. The van der Waals surface area contributed by atoms with Crippen LogP contribution in [0.15, 0.2) is 52.9 Å². The average Bonchev–Trinajstić information content (AvgIpc) is 3.34. The van der Waals surface area contributed by atoms with Crippen LogP contribution in [0, 0.1) is 5.92 Å². The maximum absolute atomic E-state index is 11.5. The number of carboxylic acids is 2. The number of aromatic nitrogens is 2. The zero-order valence-corrected chi connectivity index (χ0v) is 17.9. The molecule has 30 heavy (non-hydrogen) atoms. The minimum Gasteiger partial charge on any atom is -0.481 e. The largest absolute Gasteiger partial charge is 0.481 e. The van der Waals surface area contributed by atoms with Crippen molar-refractivity contribution < 1.29 is 19.8 Å². The molecule has 0 aliphatic carbocycles. The van der Waals surface area contributed by atoms with Crippen LogP contribution >= 0.6 is 10.5 Å². The van der Waals surface area contributed by atoms with Gasteiger partial charge in [-0.15, -0.1) is 10.5 Å². The number of hydrogen-bond donors (Lipinski definition) is 2. The number of aryl methyl sites for hydroxylation is 1. The number of hydrogen-bond acceptors (Lipinski definition) is 3. The molecule has 1 aromatic carbocycles. The Morgan fingerprint density at radius 1 is 1.23 bits per heavy atom. The van der Waals surface area contributed by atoms with Gasteiger partial charge in [-0.1, -0.05) is 37.6 Å². The van der Waals surface area contributed by atoms with Gasteiger partial charge in [0.05, 0.1) is 23.4 Å². The molecule has 2 atom stereocenters. The molecule has 0 fully saturated rings. The highest BCUT2D eigenvalue weighted by Crippen LogP contribution is 2.37. The number of unbranched alkanes of at least 4 members (excludes halogenated alkanes) is 1. The first-order valence-corrected chi connectivity index (χ1v) is 11.3. The maximum Gasteiger partial charge on any atom is 0.335 e. The minimum absolute atomic E-state index is 0.261. The van der Waals surface area contributed by atoms with Gasteiger partial charge < -0.3 is 14.8 Å². The highest BCUT2D eigenvalue weighted by Gasteiger charge is 2.21. The summed E-state index contributed by atoms with van der Waals surface area (Å²) in [5.41, 5.74) is 2.20. The number of aromatic carboxylic acids is 1. The van der Waals surface area contributed by atoms with Crippen LogP contribution in [0.1, 0.15) is 54.1 Å². The van der Waals surface area contributed by atoms with E-state index in [9.17, 15) is 14.7 Å². The summed E-state index contributed by atoms with van der Waals surface area (Å²) in [6.07, 6.45) is 8.60. The van der Waals surface area contributed by atoms with Gasteiger partial charge in [-0.2, -0.15) is 0 Å². The fourth-order valence-corrected chi connectivity index (χ4v) is 5.07. The number of aliphatic carboxylic acids is 1. The molecule has 2 N–H and O–H groups in total. The fraction of sp³-hybridized carbons (Fsp3) is 0.304. The third-order valence-corrected chi connectivity index (χ3v) is 7.05. The summed E-state index contributed by atoms with van der Waals surface area (Å²) < 4.78 is 2.15. The predicted octanol–water partition coefficient (Wildman–Crippen LogP) is 4.52. The van der Waals surface area contributed by atoms with Crippen molar-refractivity contribution in [2.75, 3.05) is 0 Å². The summed E-state index contributed by atoms with van der Waals surface area (Å²) in [7, 11) is -0.401. The second-order valence-electron chi connectivity index (χ2n) is 7.24. The molecule has 1 aliphatic heterocycles. The lowest BCUT2D eigenvalue weighted by Crippen LogP contribution is -2.11. The molecule has 6 nitrogen and oxygen atoms in total. The SMILES string of the molecule is CCCCc1ncc(/C=S2\C=CC=C2C(C)C(=O)O)n1Cc1ccc(C(=O)O)cc1. The van der Waals surface area contributed by atoms with Gasteiger partial charge >= 0.3 is 11.9 Å². The third kappa shape index (κ3) is 4.97. The molecule has 7 heteroatoms. The second kappa shape index (κ2) is 9.71. The molecule has 0 amide bonds. The Bertz CT molecular complexity index is 1030. The Kier molecular flexibility index (Phi) is 7.05. The van der Waals surface area contributed by atoms with Gasteiger partial charge in [0.15, 0.2) is 0 Å². The lowest BCUT2D eigenvalue weighted by Gasteiger charge is -2.14. The van der Waals surface area contributed by atoms with Crippen LogP contribution in [0.5, 0.6) is 0 Å². The van der Waals surface area contributed by atoms with E-state index in [-0.39, 0.29) is 5.56 Å². The number of rotatable bonds is 9. The van der Waals surface area contributed by atoms with E-state index in [4.69, 9.17) is 5.11 Å². The minimum atomic E-state index is -0.942. The molecular formula is C23H26N2O4S. The molecule has 2 unspecified atom stereocenters. The predicted molar refractivity (Wildman–Crippen MR) is 120 cm³/mol. The monoisotopic (exact) mass is 426 g/mol. The van der Waals surface area contributed by atoms with E-state index >= 15 is 0 Å². The quantitative estimate of drug-likeness (QED) is 0.575. The van der Waals surface area contributed by atoms with Crippen LogP contribution in [-0.2, 0) is 17.8 Å². The summed E-state index contributed by atoms with van der Waals surface area (Å²) in [4.78, 5) is 28.1. The Balaban J connectivity index is 1.94. The summed E-state index contributed by atoms with van der Waals surface area (Å²) in [6.45, 7) is 4.43. The zero-order chi connectivity index (χ0) is 21.7. The molecule has 1 aromatic heterocycles. The van der Waals surface area contributed by atoms with Crippen LogP contribution in [0.3, 0.4) is 0 Å². The first-order chi connectivity index (χ1) is 14.4. The lowest BCUT2D eigenvalue weighted by molar-refractivity contribution is -0.139. The van der Waals surface area contributed by atoms with Gasteiger partial charge in [0, 0.05) is 13.0 Å². The normalized spacial score (nSPS) is 16.6. The van der Waals surface area contributed by atoms with Crippen molar-refractivity contribution in [1.82, 2.24) is 9.55 Å². The first-order valence-electron chi connectivity index (χ1n) is 9.95. The number of carboxylic acid groups (broad SMARTS) is 2. The molecule has 2 heterocycles. The van der Waals surface area contributed by atoms with E-state index in [0.717, 1.165) is 41.2 Å². The van der Waals surface area contributed by atoms with Crippen molar-refractivity contribution in [2.45, 2.75) is 39.7 Å². The molecule has 1 aliphatic rings. The van der Waals surface area contributed by atoms with E-state index in [1.54, 1.807) is 19.1 Å². The Labute approximate surface area is 178 Å². The van der Waals surface area contributed by atoms with E-state index in [1.807, 2.05) is 35.9 Å². The van der Waals surface area contributed by atoms with Crippen LogP contribution in [0.4, 0.5) is 0 Å². The third-order valence-electron chi connectivity index (χ3n) is 5.07. The van der Waals surface area contributed by atoms with E-state index in [1.165, 1.54) is 0 Å². The van der Waals surface area contributed by atoms with E-state index in [2.05, 4.69) is 21.8 Å². The molecule has 158 valence electrons. The number of nitrogens with zero attached hydrogens (tertiary/aromatic N) is 2. The number of carbonyl (C=O) groups is 2. The Morgan fingerprint density at radius 2 is 1.97 bits per heavy atom. The molecular weight excluding hydrogens is 400 g/mol. The molecule has 0 saturated carbocycles. The highest BCUT2D eigenvalue weighted by atomic mass is 32.2. The van der Waals surface area contributed by atoms with Crippen LogP contribution < -0.4 is 0 Å². The van der Waals surface area contributed by atoms with E-state index in [0.29, 0.717) is 6.54 Å². The molecule has 0 saturated heterocycles. The Morgan fingerprint density at radius 3 is 2.60 bits per heavy atom. The summed E-state index contributed by atoms with van der Waals surface area (Å²) in [6, 6.07) is 6.87. The van der Waals surface area contributed by atoms with E-state index < -0.39 is 28.3 Å². The van der Waals surface area contributed by atoms with Crippen molar-refractivity contribution in [1.29, 1.82) is 0 Å². The lowest BCUT2D eigenvalue weighted by atomic mass is 10.1. The van der Waals surface area contributed by atoms with Crippen LogP contribution in [0.25, 0.3) is 0 Å². The standard InChI is InChI=1S/C23H26N2O4S/c1-3-4-7-21-24-13-19(15-30-12-5-6-20(30)16(2)22(26)27)25(21)14-17-8-10-18(11-9-17)23(28)29/h5-6,8-13,15-16H,3-4,7,14H2,1-2H3,(H,26,27)(H,28,29). The summed E-state index contributed by atoms with van der Waals surface area (Å²) >= 11 is 0. The smallest absolute Gasteiger partial charge is 0.335 e. The van der Waals surface area contributed by atoms with Crippen LogP contribution in [0.2, 0.25) is 0 Å². The number of imidazole rings is 1. The van der Waals surface area contributed by atoms with Gasteiger partial charge in [0.25, 0.3) is 0 Å². The molecule has 3 rings (SSSR count). The van der Waals surface area contributed by atoms with Crippen molar-refractivity contribution in [2.24, 2.45) is 5.92 Å². The average molecular weight is 427 g/mol. The topological polar surface area (TPSA) is 92.4 Å².